The normalized spacial score (nSPS) is 10.4. The van der Waals surface area contributed by atoms with Crippen molar-refractivity contribution in [2.24, 2.45) is 7.05 Å². The number of benzene rings is 1. The molecule has 0 saturated carbocycles. The smallest absolute Gasteiger partial charge is 0.323 e. The Bertz CT molecular complexity index is 679. The first-order valence-electron chi connectivity index (χ1n) is 6.38. The number of amides is 1. The number of nitrogens with zero attached hydrogens (tertiary/aromatic N) is 2. The summed E-state index contributed by atoms with van der Waals surface area (Å²) in [6, 6.07) is 10.2. The molecule has 7 nitrogen and oxygen atoms in total. The van der Waals surface area contributed by atoms with E-state index in [9.17, 15) is 14.9 Å². The minimum absolute atomic E-state index is 0.122. The predicted octanol–water partition coefficient (Wildman–Crippen LogP) is 1.91. The van der Waals surface area contributed by atoms with Crippen LogP contribution in [0.5, 0.6) is 0 Å². The van der Waals surface area contributed by atoms with E-state index in [2.05, 4.69) is 10.6 Å². The standard InChI is InChI=1S/C14H16N4O3/c1-15-9-10-5-3-4-6-11(10)16-14(19)12-7-8-13(17(12)2)18(20)21/h3-8,15H,9H2,1-2H3,(H,16,19). The highest BCUT2D eigenvalue weighted by Gasteiger charge is 2.21. The molecule has 0 radical (unpaired) electrons. The van der Waals surface area contributed by atoms with Crippen LogP contribution in [-0.4, -0.2) is 22.4 Å². The van der Waals surface area contributed by atoms with Crippen LogP contribution in [0.1, 0.15) is 16.1 Å². The van der Waals surface area contributed by atoms with Gasteiger partial charge in [0.1, 0.15) is 0 Å². The highest BCUT2D eigenvalue weighted by atomic mass is 16.6. The molecule has 0 fully saturated rings. The van der Waals surface area contributed by atoms with Crippen molar-refractivity contribution in [3.63, 3.8) is 0 Å². The van der Waals surface area contributed by atoms with Gasteiger partial charge in [-0.3, -0.25) is 4.79 Å². The Labute approximate surface area is 121 Å². The number of para-hydroxylation sites is 1. The molecule has 0 spiro atoms. The first-order valence-corrected chi connectivity index (χ1v) is 6.38. The number of carbonyl (C=O) groups excluding carboxylic acids is 1. The zero-order chi connectivity index (χ0) is 15.4. The van der Waals surface area contributed by atoms with Crippen LogP contribution >= 0.6 is 0 Å². The number of aromatic nitrogens is 1. The zero-order valence-corrected chi connectivity index (χ0v) is 11.8. The van der Waals surface area contributed by atoms with Crippen LogP contribution in [0.4, 0.5) is 11.5 Å². The van der Waals surface area contributed by atoms with Crippen molar-refractivity contribution in [1.29, 1.82) is 0 Å². The van der Waals surface area contributed by atoms with E-state index < -0.39 is 4.92 Å². The second-order valence-electron chi connectivity index (χ2n) is 4.53. The fourth-order valence-electron chi connectivity index (χ4n) is 2.09. The van der Waals surface area contributed by atoms with Gasteiger partial charge >= 0.3 is 5.82 Å². The molecule has 0 unspecified atom stereocenters. The number of carbonyl (C=O) groups is 1. The first kappa shape index (κ1) is 14.7. The summed E-state index contributed by atoms with van der Waals surface area (Å²) in [6.45, 7) is 0.615. The summed E-state index contributed by atoms with van der Waals surface area (Å²) < 4.78 is 1.26. The Morgan fingerprint density at radius 3 is 2.62 bits per heavy atom. The molecule has 110 valence electrons. The fourth-order valence-corrected chi connectivity index (χ4v) is 2.09. The van der Waals surface area contributed by atoms with Crippen LogP contribution in [0.15, 0.2) is 36.4 Å². The van der Waals surface area contributed by atoms with E-state index in [0.29, 0.717) is 12.2 Å². The van der Waals surface area contributed by atoms with E-state index in [4.69, 9.17) is 0 Å². The SMILES string of the molecule is CNCc1ccccc1NC(=O)c1ccc([N+](=O)[O-])n1C. The molecule has 1 aromatic heterocycles. The average Bonchev–Trinajstić information content (AvgIpc) is 2.83. The number of nitro groups is 1. The number of anilines is 1. The maximum atomic E-state index is 12.3. The van der Waals surface area contributed by atoms with E-state index in [-0.39, 0.29) is 17.4 Å². The van der Waals surface area contributed by atoms with Gasteiger partial charge in [-0.2, -0.15) is 0 Å². The molecule has 0 atom stereocenters. The lowest BCUT2D eigenvalue weighted by Crippen LogP contribution is -2.18. The summed E-state index contributed by atoms with van der Waals surface area (Å²) in [6.07, 6.45) is 0. The van der Waals surface area contributed by atoms with Crippen LogP contribution in [0, 0.1) is 10.1 Å². The molecule has 1 aromatic carbocycles. The third-order valence-electron chi connectivity index (χ3n) is 3.15. The third kappa shape index (κ3) is 3.09. The van der Waals surface area contributed by atoms with Gasteiger partial charge in [-0.25, -0.2) is 4.57 Å². The Balaban J connectivity index is 2.24. The maximum absolute atomic E-state index is 12.3. The predicted molar refractivity (Wildman–Crippen MR) is 79.2 cm³/mol. The Kier molecular flexibility index (Phi) is 4.34. The second kappa shape index (κ2) is 6.19. The van der Waals surface area contributed by atoms with Crippen molar-refractivity contribution in [3.05, 3.63) is 57.8 Å². The van der Waals surface area contributed by atoms with Crippen molar-refractivity contribution < 1.29 is 9.72 Å². The summed E-state index contributed by atoms with van der Waals surface area (Å²) in [5, 5.41) is 16.6. The topological polar surface area (TPSA) is 89.2 Å². The van der Waals surface area contributed by atoms with Crippen LogP contribution in [-0.2, 0) is 13.6 Å². The van der Waals surface area contributed by atoms with Gasteiger partial charge in [0.05, 0.1) is 7.05 Å². The molecule has 2 N–H and O–H groups in total. The van der Waals surface area contributed by atoms with E-state index >= 15 is 0 Å². The third-order valence-corrected chi connectivity index (χ3v) is 3.15. The lowest BCUT2D eigenvalue weighted by Gasteiger charge is -2.10. The summed E-state index contributed by atoms with van der Waals surface area (Å²) in [4.78, 5) is 22.5. The van der Waals surface area contributed by atoms with E-state index in [1.54, 1.807) is 6.07 Å². The van der Waals surface area contributed by atoms with Crippen molar-refractivity contribution >= 4 is 17.4 Å². The molecule has 0 aliphatic heterocycles. The van der Waals surface area contributed by atoms with Gasteiger partial charge in [0.25, 0.3) is 5.91 Å². The molecular formula is C14H16N4O3. The highest BCUT2D eigenvalue weighted by Crippen LogP contribution is 2.19. The lowest BCUT2D eigenvalue weighted by molar-refractivity contribution is -0.391. The molecule has 1 amide bonds. The Morgan fingerprint density at radius 2 is 2.00 bits per heavy atom. The molecule has 21 heavy (non-hydrogen) atoms. The van der Waals surface area contributed by atoms with Gasteiger partial charge in [-0.1, -0.05) is 18.2 Å². The molecule has 2 rings (SSSR count). The number of rotatable bonds is 5. The zero-order valence-electron chi connectivity index (χ0n) is 11.8. The summed E-state index contributed by atoms with van der Waals surface area (Å²) in [5.41, 5.74) is 1.86. The molecule has 1 heterocycles. The van der Waals surface area contributed by atoms with Crippen molar-refractivity contribution in [1.82, 2.24) is 9.88 Å². The second-order valence-corrected chi connectivity index (χ2v) is 4.53. The highest BCUT2D eigenvalue weighted by molar-refractivity contribution is 6.03. The quantitative estimate of drug-likeness (QED) is 0.649. The molecular weight excluding hydrogens is 272 g/mol. The van der Waals surface area contributed by atoms with Gasteiger partial charge in [0, 0.05) is 18.3 Å². The number of hydrogen-bond donors (Lipinski definition) is 2. The van der Waals surface area contributed by atoms with Crippen LogP contribution in [0.25, 0.3) is 0 Å². The van der Waals surface area contributed by atoms with Gasteiger partial charge in [-0.05, 0) is 29.7 Å². The maximum Gasteiger partial charge on any atom is 0.323 e. The van der Waals surface area contributed by atoms with E-state index in [0.717, 1.165) is 5.56 Å². The number of nitrogens with one attached hydrogen (secondary N) is 2. The molecule has 0 saturated heterocycles. The molecule has 7 heteroatoms. The van der Waals surface area contributed by atoms with Crippen molar-refractivity contribution in [3.8, 4) is 0 Å². The minimum Gasteiger partial charge on any atom is -0.358 e. The fraction of sp³-hybridized carbons (Fsp3) is 0.214. The van der Waals surface area contributed by atoms with Crippen molar-refractivity contribution in [2.45, 2.75) is 6.54 Å². The minimum atomic E-state index is -0.522. The molecule has 0 bridgehead atoms. The summed E-state index contributed by atoms with van der Waals surface area (Å²) in [7, 11) is 3.31. The Hall–Kier alpha value is -2.67. The summed E-state index contributed by atoms with van der Waals surface area (Å²) in [5.74, 6) is -0.502. The van der Waals surface area contributed by atoms with Crippen LogP contribution in [0.2, 0.25) is 0 Å². The largest absolute Gasteiger partial charge is 0.358 e. The van der Waals surface area contributed by atoms with Gasteiger partial charge in [-0.15, -0.1) is 0 Å². The van der Waals surface area contributed by atoms with Gasteiger partial charge < -0.3 is 20.7 Å². The van der Waals surface area contributed by atoms with Crippen molar-refractivity contribution in [2.75, 3.05) is 12.4 Å². The monoisotopic (exact) mass is 288 g/mol. The van der Waals surface area contributed by atoms with Crippen LogP contribution in [0.3, 0.4) is 0 Å². The van der Waals surface area contributed by atoms with E-state index in [1.807, 2.05) is 25.2 Å². The van der Waals surface area contributed by atoms with Crippen LogP contribution < -0.4 is 10.6 Å². The summed E-state index contributed by atoms with van der Waals surface area (Å²) >= 11 is 0. The molecule has 0 aliphatic rings. The molecule has 0 aliphatic carbocycles. The Morgan fingerprint density at radius 1 is 1.29 bits per heavy atom. The lowest BCUT2D eigenvalue weighted by atomic mass is 10.1. The number of hydrogen-bond acceptors (Lipinski definition) is 4. The van der Waals surface area contributed by atoms with Gasteiger partial charge in [0.2, 0.25) is 0 Å². The molecule has 2 aromatic rings. The first-order chi connectivity index (χ1) is 10.0. The average molecular weight is 288 g/mol. The van der Waals surface area contributed by atoms with E-state index in [1.165, 1.54) is 23.7 Å². The van der Waals surface area contributed by atoms with Gasteiger partial charge in [0.15, 0.2) is 5.69 Å².